The summed E-state index contributed by atoms with van der Waals surface area (Å²) in [5.41, 5.74) is -0.804. The maximum atomic E-state index is 11.4. The van der Waals surface area contributed by atoms with Crippen LogP contribution in [-0.4, -0.2) is 47.6 Å². The maximum absolute atomic E-state index is 11.4. The Morgan fingerprint density at radius 2 is 2.07 bits per heavy atom. The molecule has 0 radical (unpaired) electrons. The first-order valence-electron chi connectivity index (χ1n) is 4.40. The number of likely N-dealkylation sites (N-methyl/N-ethyl adjacent to an activating group) is 1. The molecule has 6 nitrogen and oxygen atoms in total. The Kier molecular flexibility index (Phi) is 4.74. The van der Waals surface area contributed by atoms with Crippen LogP contribution in [0.3, 0.4) is 0 Å². The predicted molar refractivity (Wildman–Crippen MR) is 52.6 cm³/mol. The zero-order chi connectivity index (χ0) is 12.1. The number of carbonyl (C=O) groups is 2. The number of aliphatic hydroxyl groups excluding tert-OH is 1. The van der Waals surface area contributed by atoms with E-state index in [1.54, 1.807) is 19.9 Å². The van der Waals surface area contributed by atoms with Crippen molar-refractivity contribution in [2.75, 3.05) is 20.2 Å². The van der Waals surface area contributed by atoms with E-state index in [1.807, 2.05) is 0 Å². The lowest BCUT2D eigenvalue weighted by Crippen LogP contribution is -2.52. The first-order valence-corrected chi connectivity index (χ1v) is 4.40. The molecule has 2 amide bonds. The number of nitrogens with zero attached hydrogens (tertiary/aromatic N) is 2. The highest BCUT2D eigenvalue weighted by molar-refractivity contribution is 6.35. The number of nitriles is 1. The van der Waals surface area contributed by atoms with Gasteiger partial charge in [-0.2, -0.15) is 5.26 Å². The first-order chi connectivity index (χ1) is 6.86. The van der Waals surface area contributed by atoms with Crippen molar-refractivity contribution in [2.24, 2.45) is 0 Å². The second-order valence-corrected chi connectivity index (χ2v) is 3.68. The summed E-state index contributed by atoms with van der Waals surface area (Å²) in [5, 5.41) is 19.3. The van der Waals surface area contributed by atoms with Gasteiger partial charge in [0, 0.05) is 7.05 Å². The Morgan fingerprint density at radius 1 is 1.53 bits per heavy atom. The fourth-order valence-electron chi connectivity index (χ4n) is 0.729. The average Bonchev–Trinajstić information content (AvgIpc) is 2.23. The lowest BCUT2D eigenvalue weighted by atomic mass is 10.1. The Hall–Kier alpha value is -1.61. The van der Waals surface area contributed by atoms with Crippen molar-refractivity contribution in [3.8, 4) is 6.07 Å². The van der Waals surface area contributed by atoms with E-state index in [9.17, 15) is 9.59 Å². The zero-order valence-electron chi connectivity index (χ0n) is 9.07. The lowest BCUT2D eigenvalue weighted by molar-refractivity contribution is -0.148. The topological polar surface area (TPSA) is 93.4 Å². The van der Waals surface area contributed by atoms with Gasteiger partial charge in [-0.25, -0.2) is 0 Å². The summed E-state index contributed by atoms with van der Waals surface area (Å²) in [6.45, 7) is 2.80. The fraction of sp³-hybridized carbons (Fsp3) is 0.667. The smallest absolute Gasteiger partial charge is 0.312 e. The predicted octanol–water partition coefficient (Wildman–Crippen LogP) is -1.14. The number of hydrogen-bond acceptors (Lipinski definition) is 4. The van der Waals surface area contributed by atoms with Gasteiger partial charge in [-0.3, -0.25) is 9.59 Å². The molecule has 6 heteroatoms. The molecule has 0 aliphatic carbocycles. The van der Waals surface area contributed by atoms with Gasteiger partial charge in [0.25, 0.3) is 0 Å². The van der Waals surface area contributed by atoms with Gasteiger partial charge in [0.05, 0.1) is 18.2 Å². The molecular weight excluding hydrogens is 198 g/mol. The van der Waals surface area contributed by atoms with Gasteiger partial charge >= 0.3 is 11.8 Å². The van der Waals surface area contributed by atoms with Gasteiger partial charge in [0.15, 0.2) is 0 Å². The van der Waals surface area contributed by atoms with Crippen LogP contribution < -0.4 is 5.32 Å². The van der Waals surface area contributed by atoms with E-state index in [0.717, 1.165) is 4.90 Å². The Morgan fingerprint density at radius 3 is 2.47 bits per heavy atom. The molecule has 0 aromatic heterocycles. The van der Waals surface area contributed by atoms with Gasteiger partial charge in [0.1, 0.15) is 6.54 Å². The van der Waals surface area contributed by atoms with Crippen LogP contribution in [0.25, 0.3) is 0 Å². The standard InChI is InChI=1S/C9H15N3O3/c1-9(2,6-13)12(3)8(15)7(14)11-5-4-10/h13H,5-6H2,1-3H3,(H,11,14). The van der Waals surface area contributed by atoms with Crippen molar-refractivity contribution < 1.29 is 14.7 Å². The molecule has 0 unspecified atom stereocenters. The van der Waals surface area contributed by atoms with Crippen LogP contribution in [-0.2, 0) is 9.59 Å². The minimum absolute atomic E-state index is 0.210. The molecule has 2 N–H and O–H groups in total. The Labute approximate surface area is 88.5 Å². The van der Waals surface area contributed by atoms with Crippen molar-refractivity contribution in [1.82, 2.24) is 10.2 Å². The van der Waals surface area contributed by atoms with E-state index in [0.29, 0.717) is 0 Å². The molecule has 0 spiro atoms. The number of hydrogen-bond donors (Lipinski definition) is 2. The van der Waals surface area contributed by atoms with E-state index in [1.165, 1.54) is 7.05 Å². The van der Waals surface area contributed by atoms with Gasteiger partial charge in [-0.15, -0.1) is 0 Å². The maximum Gasteiger partial charge on any atom is 0.312 e. The highest BCUT2D eigenvalue weighted by atomic mass is 16.3. The number of aliphatic hydroxyl groups is 1. The van der Waals surface area contributed by atoms with Crippen LogP contribution in [0.15, 0.2) is 0 Å². The largest absolute Gasteiger partial charge is 0.394 e. The van der Waals surface area contributed by atoms with Crippen molar-refractivity contribution in [1.29, 1.82) is 5.26 Å². The summed E-state index contributed by atoms with van der Waals surface area (Å²) in [4.78, 5) is 23.8. The van der Waals surface area contributed by atoms with Crippen LogP contribution in [0.1, 0.15) is 13.8 Å². The van der Waals surface area contributed by atoms with Crippen LogP contribution in [0, 0.1) is 11.3 Å². The molecule has 0 heterocycles. The van der Waals surface area contributed by atoms with E-state index in [-0.39, 0.29) is 13.2 Å². The summed E-state index contributed by atoms with van der Waals surface area (Å²) in [5.74, 6) is -1.62. The molecule has 0 atom stereocenters. The molecule has 0 bridgehead atoms. The monoisotopic (exact) mass is 213 g/mol. The van der Waals surface area contributed by atoms with Crippen molar-refractivity contribution in [3.63, 3.8) is 0 Å². The number of nitrogens with one attached hydrogen (secondary N) is 1. The summed E-state index contributed by atoms with van der Waals surface area (Å²) in [6.07, 6.45) is 0. The van der Waals surface area contributed by atoms with Crippen LogP contribution in [0.4, 0.5) is 0 Å². The third-order valence-electron chi connectivity index (χ3n) is 2.12. The highest BCUT2D eigenvalue weighted by Crippen LogP contribution is 2.10. The second-order valence-electron chi connectivity index (χ2n) is 3.68. The molecule has 0 aromatic carbocycles. The fourth-order valence-corrected chi connectivity index (χ4v) is 0.729. The van der Waals surface area contributed by atoms with Crippen molar-refractivity contribution in [2.45, 2.75) is 19.4 Å². The molecule has 0 rings (SSSR count). The van der Waals surface area contributed by atoms with Crippen molar-refractivity contribution >= 4 is 11.8 Å². The van der Waals surface area contributed by atoms with E-state index < -0.39 is 17.4 Å². The summed E-state index contributed by atoms with van der Waals surface area (Å²) in [6, 6.07) is 1.69. The highest BCUT2D eigenvalue weighted by Gasteiger charge is 2.30. The molecular formula is C9H15N3O3. The Bertz CT molecular complexity index is 293. The molecule has 0 fully saturated rings. The molecule has 0 aromatic rings. The third kappa shape index (κ3) is 3.56. The third-order valence-corrected chi connectivity index (χ3v) is 2.12. The Balaban J connectivity index is 4.46. The van der Waals surface area contributed by atoms with E-state index in [2.05, 4.69) is 5.32 Å². The minimum atomic E-state index is -0.847. The van der Waals surface area contributed by atoms with Gasteiger partial charge in [-0.05, 0) is 13.8 Å². The lowest BCUT2D eigenvalue weighted by Gasteiger charge is -2.33. The number of amides is 2. The first kappa shape index (κ1) is 13.4. The number of carbonyl (C=O) groups excluding carboxylic acids is 2. The van der Waals surface area contributed by atoms with Crippen molar-refractivity contribution in [3.05, 3.63) is 0 Å². The quantitative estimate of drug-likeness (QED) is 0.457. The van der Waals surface area contributed by atoms with Gasteiger partial charge in [0.2, 0.25) is 0 Å². The normalized spacial score (nSPS) is 10.3. The molecule has 0 aliphatic heterocycles. The summed E-state index contributed by atoms with van der Waals surface area (Å²) >= 11 is 0. The average molecular weight is 213 g/mol. The summed E-state index contributed by atoms with van der Waals surface area (Å²) < 4.78 is 0. The van der Waals surface area contributed by atoms with E-state index >= 15 is 0 Å². The second kappa shape index (κ2) is 5.32. The zero-order valence-corrected chi connectivity index (χ0v) is 9.07. The minimum Gasteiger partial charge on any atom is -0.394 e. The molecule has 0 saturated heterocycles. The molecule has 84 valence electrons. The molecule has 0 aliphatic rings. The SMILES string of the molecule is CN(C(=O)C(=O)NCC#N)C(C)(C)CO. The van der Waals surface area contributed by atoms with Crippen LogP contribution in [0.5, 0.6) is 0 Å². The van der Waals surface area contributed by atoms with Crippen LogP contribution in [0.2, 0.25) is 0 Å². The van der Waals surface area contributed by atoms with Crippen LogP contribution >= 0.6 is 0 Å². The van der Waals surface area contributed by atoms with E-state index in [4.69, 9.17) is 10.4 Å². The molecule has 0 saturated carbocycles. The molecule has 15 heavy (non-hydrogen) atoms. The number of rotatable bonds is 3. The summed E-state index contributed by atoms with van der Waals surface area (Å²) in [7, 11) is 1.42. The van der Waals surface area contributed by atoms with Gasteiger partial charge < -0.3 is 15.3 Å². The van der Waals surface area contributed by atoms with Gasteiger partial charge in [-0.1, -0.05) is 0 Å².